The lowest BCUT2D eigenvalue weighted by Gasteiger charge is -2.23. The van der Waals surface area contributed by atoms with E-state index in [0.29, 0.717) is 23.1 Å². The van der Waals surface area contributed by atoms with Crippen molar-refractivity contribution in [2.24, 2.45) is 0 Å². The number of para-hydroxylation sites is 1. The summed E-state index contributed by atoms with van der Waals surface area (Å²) in [7, 11) is 0. The zero-order valence-electron chi connectivity index (χ0n) is 15.4. The zero-order valence-corrected chi connectivity index (χ0v) is 15.4. The van der Waals surface area contributed by atoms with E-state index in [1.807, 2.05) is 0 Å². The topological polar surface area (TPSA) is 93.2 Å². The quantitative estimate of drug-likeness (QED) is 0.756. The van der Waals surface area contributed by atoms with E-state index < -0.39 is 11.9 Å². The molecule has 7 nitrogen and oxygen atoms in total. The predicted octanol–water partition coefficient (Wildman–Crippen LogP) is 3.65. The summed E-state index contributed by atoms with van der Waals surface area (Å²) in [4.78, 5) is 33.0. The SMILES string of the molecule is CCOC(=O)c1ccccc1NC(=O)c1cnc(NC2CCCCC2)cn1. The van der Waals surface area contributed by atoms with Crippen molar-refractivity contribution < 1.29 is 14.3 Å². The van der Waals surface area contributed by atoms with Gasteiger partial charge >= 0.3 is 5.97 Å². The van der Waals surface area contributed by atoms with Crippen molar-refractivity contribution in [2.75, 3.05) is 17.2 Å². The molecule has 1 aromatic carbocycles. The first-order valence-electron chi connectivity index (χ1n) is 9.33. The molecule has 1 aliphatic carbocycles. The van der Waals surface area contributed by atoms with Gasteiger partial charge in [0, 0.05) is 6.04 Å². The molecular formula is C20H24N4O3. The van der Waals surface area contributed by atoms with Crippen LogP contribution in [0.15, 0.2) is 36.7 Å². The van der Waals surface area contributed by atoms with Gasteiger partial charge in [0.05, 0.1) is 30.3 Å². The van der Waals surface area contributed by atoms with E-state index in [9.17, 15) is 9.59 Å². The van der Waals surface area contributed by atoms with Crippen LogP contribution in [0.1, 0.15) is 59.9 Å². The van der Waals surface area contributed by atoms with Crippen LogP contribution in [0, 0.1) is 0 Å². The molecule has 0 bridgehead atoms. The molecule has 0 aliphatic heterocycles. The molecule has 1 fully saturated rings. The molecule has 27 heavy (non-hydrogen) atoms. The van der Waals surface area contributed by atoms with E-state index in [-0.39, 0.29) is 12.3 Å². The Morgan fingerprint density at radius 1 is 1.11 bits per heavy atom. The lowest BCUT2D eigenvalue weighted by molar-refractivity contribution is 0.0527. The summed E-state index contributed by atoms with van der Waals surface area (Å²) in [5.41, 5.74) is 0.867. The minimum atomic E-state index is -0.480. The average Bonchev–Trinajstić information content (AvgIpc) is 2.70. The second-order valence-electron chi connectivity index (χ2n) is 6.49. The Bertz CT molecular complexity index is 786. The third-order valence-electron chi connectivity index (χ3n) is 4.51. The summed E-state index contributed by atoms with van der Waals surface area (Å²) in [6, 6.07) is 7.13. The van der Waals surface area contributed by atoms with E-state index in [0.717, 1.165) is 12.8 Å². The van der Waals surface area contributed by atoms with Crippen LogP contribution in [0.2, 0.25) is 0 Å². The normalized spacial score (nSPS) is 14.4. The molecule has 2 aromatic rings. The van der Waals surface area contributed by atoms with Crippen LogP contribution in [-0.2, 0) is 4.74 Å². The largest absolute Gasteiger partial charge is 0.462 e. The number of benzene rings is 1. The van der Waals surface area contributed by atoms with Crippen molar-refractivity contribution in [3.8, 4) is 0 Å². The maximum atomic E-state index is 12.5. The first kappa shape index (κ1) is 18.8. The van der Waals surface area contributed by atoms with Crippen molar-refractivity contribution in [3.63, 3.8) is 0 Å². The van der Waals surface area contributed by atoms with Crippen molar-refractivity contribution in [1.29, 1.82) is 0 Å². The maximum Gasteiger partial charge on any atom is 0.340 e. The monoisotopic (exact) mass is 368 g/mol. The van der Waals surface area contributed by atoms with E-state index in [1.165, 1.54) is 25.5 Å². The van der Waals surface area contributed by atoms with Crippen molar-refractivity contribution in [3.05, 3.63) is 47.9 Å². The van der Waals surface area contributed by atoms with Gasteiger partial charge in [-0.25, -0.2) is 14.8 Å². The molecule has 0 unspecified atom stereocenters. The molecule has 3 rings (SSSR count). The molecule has 0 saturated heterocycles. The first-order chi connectivity index (χ1) is 13.2. The van der Waals surface area contributed by atoms with Gasteiger partial charge in [-0.3, -0.25) is 4.79 Å². The summed E-state index contributed by atoms with van der Waals surface area (Å²) in [5.74, 6) is -0.236. The van der Waals surface area contributed by atoms with Crippen LogP contribution in [0.3, 0.4) is 0 Å². The molecule has 0 spiro atoms. The van der Waals surface area contributed by atoms with Gasteiger partial charge in [-0.05, 0) is 31.9 Å². The van der Waals surface area contributed by atoms with Gasteiger partial charge in [0.1, 0.15) is 11.5 Å². The highest BCUT2D eigenvalue weighted by Gasteiger charge is 2.17. The van der Waals surface area contributed by atoms with Gasteiger partial charge in [0.2, 0.25) is 0 Å². The van der Waals surface area contributed by atoms with Gasteiger partial charge in [-0.15, -0.1) is 0 Å². The molecule has 2 N–H and O–H groups in total. The summed E-state index contributed by atoms with van der Waals surface area (Å²) in [6.07, 6.45) is 9.02. The van der Waals surface area contributed by atoms with E-state index >= 15 is 0 Å². The van der Waals surface area contributed by atoms with Crippen LogP contribution < -0.4 is 10.6 Å². The lowest BCUT2D eigenvalue weighted by Crippen LogP contribution is -2.23. The van der Waals surface area contributed by atoms with Gasteiger partial charge in [0.15, 0.2) is 0 Å². The smallest absolute Gasteiger partial charge is 0.340 e. The van der Waals surface area contributed by atoms with Gasteiger partial charge in [-0.1, -0.05) is 31.4 Å². The van der Waals surface area contributed by atoms with Crippen molar-refractivity contribution in [2.45, 2.75) is 45.1 Å². The van der Waals surface area contributed by atoms with Crippen LogP contribution in [0.5, 0.6) is 0 Å². The van der Waals surface area contributed by atoms with Crippen LogP contribution >= 0.6 is 0 Å². The minimum Gasteiger partial charge on any atom is -0.462 e. The number of amides is 1. The first-order valence-corrected chi connectivity index (χ1v) is 9.33. The molecular weight excluding hydrogens is 344 g/mol. The van der Waals surface area contributed by atoms with E-state index in [1.54, 1.807) is 37.4 Å². The third kappa shape index (κ3) is 5.03. The molecule has 1 aliphatic rings. The van der Waals surface area contributed by atoms with E-state index in [2.05, 4.69) is 20.6 Å². The third-order valence-corrected chi connectivity index (χ3v) is 4.51. The Morgan fingerprint density at radius 3 is 2.59 bits per heavy atom. The second-order valence-corrected chi connectivity index (χ2v) is 6.49. The fourth-order valence-corrected chi connectivity index (χ4v) is 3.14. The Balaban J connectivity index is 1.65. The highest BCUT2D eigenvalue weighted by atomic mass is 16.5. The Labute approximate surface area is 158 Å². The number of esters is 1. The molecule has 142 valence electrons. The molecule has 0 atom stereocenters. The zero-order chi connectivity index (χ0) is 19.1. The number of anilines is 2. The molecule has 0 radical (unpaired) electrons. The molecule has 7 heteroatoms. The summed E-state index contributed by atoms with van der Waals surface area (Å²) in [5, 5.41) is 6.07. The van der Waals surface area contributed by atoms with Crippen LogP contribution in [0.4, 0.5) is 11.5 Å². The second kappa shape index (κ2) is 9.12. The van der Waals surface area contributed by atoms with Crippen molar-refractivity contribution in [1.82, 2.24) is 9.97 Å². The molecule has 1 saturated carbocycles. The van der Waals surface area contributed by atoms with Crippen molar-refractivity contribution >= 4 is 23.4 Å². The number of hydrogen-bond donors (Lipinski definition) is 2. The standard InChI is InChI=1S/C20H24N4O3/c1-2-27-20(26)15-10-6-7-11-16(15)24-19(25)17-12-22-18(13-21-17)23-14-8-4-3-5-9-14/h6-7,10-14H,2-5,8-9H2,1H3,(H,22,23)(H,24,25). The number of nitrogens with one attached hydrogen (secondary N) is 2. The number of hydrogen-bond acceptors (Lipinski definition) is 6. The Morgan fingerprint density at radius 2 is 1.89 bits per heavy atom. The Hall–Kier alpha value is -2.96. The van der Waals surface area contributed by atoms with Gasteiger partial charge in [0.25, 0.3) is 5.91 Å². The Kier molecular flexibility index (Phi) is 6.35. The highest BCUT2D eigenvalue weighted by Crippen LogP contribution is 2.21. The number of nitrogens with zero attached hydrogens (tertiary/aromatic N) is 2. The maximum absolute atomic E-state index is 12.5. The molecule has 1 aromatic heterocycles. The average molecular weight is 368 g/mol. The van der Waals surface area contributed by atoms with E-state index in [4.69, 9.17) is 4.74 Å². The minimum absolute atomic E-state index is 0.183. The predicted molar refractivity (Wildman–Crippen MR) is 103 cm³/mol. The fraction of sp³-hybridized carbons (Fsp3) is 0.400. The van der Waals surface area contributed by atoms with Gasteiger partial charge in [-0.2, -0.15) is 0 Å². The summed E-state index contributed by atoms with van der Waals surface area (Å²) < 4.78 is 5.02. The number of ether oxygens (including phenoxy) is 1. The van der Waals surface area contributed by atoms with Crippen LogP contribution in [-0.4, -0.2) is 34.5 Å². The number of carbonyl (C=O) groups is 2. The fourth-order valence-electron chi connectivity index (χ4n) is 3.14. The molecule has 1 heterocycles. The van der Waals surface area contributed by atoms with Gasteiger partial charge < -0.3 is 15.4 Å². The molecule has 1 amide bonds. The summed E-state index contributed by atoms with van der Waals surface area (Å²) in [6.45, 7) is 2.00. The highest BCUT2D eigenvalue weighted by molar-refractivity contribution is 6.06. The number of rotatable bonds is 6. The van der Waals surface area contributed by atoms with Crippen LogP contribution in [0.25, 0.3) is 0 Å². The lowest BCUT2D eigenvalue weighted by atomic mass is 9.96. The summed E-state index contributed by atoms with van der Waals surface area (Å²) >= 11 is 0. The number of aromatic nitrogens is 2. The number of carbonyl (C=O) groups excluding carboxylic acids is 2.